The summed E-state index contributed by atoms with van der Waals surface area (Å²) < 4.78 is 5.84. The first-order valence-electron chi connectivity index (χ1n) is 10.8. The van der Waals surface area contributed by atoms with Gasteiger partial charge in [-0.3, -0.25) is 9.88 Å². The standard InChI is InChI=1S/C25H27N3O3/c29-24(8-14-31-21-5-6-23-19(16-21)7-11-26-23)28-12-9-25(30,10-13-28)20-15-18-3-1-2-4-22(18)27-17-20/h1-7,11,15-17,24,26,29-30H,8-10,12-14H2/t24-/m1/s1. The maximum absolute atomic E-state index is 11.2. The summed E-state index contributed by atoms with van der Waals surface area (Å²) in [4.78, 5) is 9.68. The molecule has 3 N–H and O–H groups in total. The number of aromatic nitrogens is 2. The van der Waals surface area contributed by atoms with Crippen LogP contribution in [0.1, 0.15) is 24.8 Å². The van der Waals surface area contributed by atoms with Gasteiger partial charge in [0.15, 0.2) is 0 Å². The summed E-state index contributed by atoms with van der Waals surface area (Å²) in [7, 11) is 0. The average molecular weight is 418 g/mol. The molecule has 6 nitrogen and oxygen atoms in total. The molecule has 1 aliphatic rings. The van der Waals surface area contributed by atoms with Crippen molar-refractivity contribution in [2.24, 2.45) is 0 Å². The molecule has 2 aromatic heterocycles. The average Bonchev–Trinajstić information content (AvgIpc) is 3.27. The van der Waals surface area contributed by atoms with E-state index in [4.69, 9.17) is 4.74 Å². The van der Waals surface area contributed by atoms with Gasteiger partial charge in [0.25, 0.3) is 0 Å². The van der Waals surface area contributed by atoms with E-state index in [0.717, 1.165) is 33.1 Å². The molecule has 3 heterocycles. The molecule has 2 aromatic carbocycles. The highest BCUT2D eigenvalue weighted by Gasteiger charge is 2.36. The SMILES string of the molecule is O[C@H](CCOc1ccc2[nH]ccc2c1)N1CCC(O)(c2cnc3ccccc3c2)CC1. The summed E-state index contributed by atoms with van der Waals surface area (Å²) in [6, 6.07) is 17.9. The van der Waals surface area contributed by atoms with E-state index in [0.29, 0.717) is 39.0 Å². The lowest BCUT2D eigenvalue weighted by atomic mass is 9.84. The third kappa shape index (κ3) is 4.14. The van der Waals surface area contributed by atoms with Crippen LogP contribution < -0.4 is 4.74 Å². The van der Waals surface area contributed by atoms with Crippen molar-refractivity contribution in [3.63, 3.8) is 0 Å². The Bertz CT molecular complexity index is 1180. The number of hydrogen-bond donors (Lipinski definition) is 3. The number of nitrogens with one attached hydrogen (secondary N) is 1. The highest BCUT2D eigenvalue weighted by molar-refractivity contribution is 5.80. The molecular weight excluding hydrogens is 390 g/mol. The van der Waals surface area contributed by atoms with Crippen molar-refractivity contribution in [2.45, 2.75) is 31.1 Å². The predicted octanol–water partition coefficient (Wildman–Crippen LogP) is 3.79. The fourth-order valence-corrected chi connectivity index (χ4v) is 4.39. The van der Waals surface area contributed by atoms with Crippen LogP contribution in [0.3, 0.4) is 0 Å². The summed E-state index contributed by atoms with van der Waals surface area (Å²) in [5, 5.41) is 24.0. The van der Waals surface area contributed by atoms with Gasteiger partial charge in [-0.05, 0) is 49.2 Å². The molecule has 0 unspecified atom stereocenters. The van der Waals surface area contributed by atoms with E-state index in [1.165, 1.54) is 0 Å². The molecule has 4 aromatic rings. The normalized spacial score (nSPS) is 17.7. The maximum Gasteiger partial charge on any atom is 0.120 e. The summed E-state index contributed by atoms with van der Waals surface area (Å²) in [6.45, 7) is 1.69. The number of fused-ring (bicyclic) bond motifs is 2. The first-order valence-corrected chi connectivity index (χ1v) is 10.8. The molecule has 1 atom stereocenters. The number of nitrogens with zero attached hydrogens (tertiary/aromatic N) is 2. The van der Waals surface area contributed by atoms with Gasteiger partial charge < -0.3 is 19.9 Å². The van der Waals surface area contributed by atoms with E-state index < -0.39 is 11.8 Å². The van der Waals surface area contributed by atoms with Crippen molar-refractivity contribution in [3.8, 4) is 5.75 Å². The zero-order valence-corrected chi connectivity index (χ0v) is 17.4. The molecule has 6 heteroatoms. The number of hydrogen-bond acceptors (Lipinski definition) is 5. The molecule has 1 fully saturated rings. The number of likely N-dealkylation sites (tertiary alicyclic amines) is 1. The minimum atomic E-state index is -0.907. The first kappa shape index (κ1) is 20.0. The van der Waals surface area contributed by atoms with Gasteiger partial charge in [-0.15, -0.1) is 0 Å². The van der Waals surface area contributed by atoms with Crippen LogP contribution in [-0.4, -0.2) is 51.0 Å². The molecule has 1 saturated heterocycles. The van der Waals surface area contributed by atoms with Gasteiger partial charge in [0.2, 0.25) is 0 Å². The predicted molar refractivity (Wildman–Crippen MR) is 121 cm³/mol. The van der Waals surface area contributed by atoms with Gasteiger partial charge in [-0.2, -0.15) is 0 Å². The lowest BCUT2D eigenvalue weighted by Crippen LogP contribution is -2.47. The number of piperidine rings is 1. The van der Waals surface area contributed by atoms with E-state index in [-0.39, 0.29) is 0 Å². The Morgan fingerprint density at radius 2 is 1.90 bits per heavy atom. The van der Waals surface area contributed by atoms with Gasteiger partial charge >= 0.3 is 0 Å². The van der Waals surface area contributed by atoms with Crippen LogP contribution in [0.5, 0.6) is 5.75 Å². The molecule has 0 spiro atoms. The number of ether oxygens (including phenoxy) is 1. The van der Waals surface area contributed by atoms with Gasteiger partial charge in [-0.1, -0.05) is 18.2 Å². The number of rotatable bonds is 6. The van der Waals surface area contributed by atoms with Gasteiger partial charge in [0, 0.05) is 53.8 Å². The van der Waals surface area contributed by atoms with Crippen LogP contribution in [0.25, 0.3) is 21.8 Å². The highest BCUT2D eigenvalue weighted by atomic mass is 16.5. The van der Waals surface area contributed by atoms with Crippen LogP contribution in [0.2, 0.25) is 0 Å². The molecule has 0 bridgehead atoms. The summed E-state index contributed by atoms with van der Waals surface area (Å²) in [5.41, 5.74) is 1.95. The Labute approximate surface area is 181 Å². The number of para-hydroxylation sites is 1. The highest BCUT2D eigenvalue weighted by Crippen LogP contribution is 2.34. The summed E-state index contributed by atoms with van der Waals surface area (Å²) >= 11 is 0. The molecule has 5 rings (SSSR count). The molecule has 160 valence electrons. The van der Waals surface area contributed by atoms with Crippen molar-refractivity contribution in [2.75, 3.05) is 19.7 Å². The largest absolute Gasteiger partial charge is 0.493 e. The Balaban J connectivity index is 1.15. The molecule has 1 aliphatic heterocycles. The Kier molecular flexibility index (Phi) is 5.36. The molecule has 0 aliphatic carbocycles. The fraction of sp³-hybridized carbons (Fsp3) is 0.320. The van der Waals surface area contributed by atoms with Crippen molar-refractivity contribution in [3.05, 3.63) is 72.6 Å². The minimum absolute atomic E-state index is 0.437. The summed E-state index contributed by atoms with van der Waals surface area (Å²) in [5.74, 6) is 0.802. The van der Waals surface area contributed by atoms with E-state index in [1.807, 2.05) is 65.7 Å². The van der Waals surface area contributed by atoms with E-state index in [2.05, 4.69) is 9.97 Å². The molecule has 0 saturated carbocycles. The number of benzene rings is 2. The second-order valence-electron chi connectivity index (χ2n) is 8.33. The van der Waals surface area contributed by atoms with Crippen LogP contribution in [0.15, 0.2) is 67.0 Å². The maximum atomic E-state index is 11.2. The first-order chi connectivity index (χ1) is 15.1. The van der Waals surface area contributed by atoms with Gasteiger partial charge in [0.05, 0.1) is 17.7 Å². The topological polar surface area (TPSA) is 81.6 Å². The Morgan fingerprint density at radius 3 is 2.77 bits per heavy atom. The zero-order chi connectivity index (χ0) is 21.3. The minimum Gasteiger partial charge on any atom is -0.493 e. The lowest BCUT2D eigenvalue weighted by molar-refractivity contribution is -0.0819. The van der Waals surface area contributed by atoms with Crippen LogP contribution in [0, 0.1) is 0 Å². The van der Waals surface area contributed by atoms with E-state index in [1.54, 1.807) is 6.20 Å². The third-order valence-electron chi connectivity index (χ3n) is 6.34. The Hall–Kier alpha value is -2.93. The lowest BCUT2D eigenvalue weighted by Gasteiger charge is -2.40. The van der Waals surface area contributed by atoms with Crippen LogP contribution in [0.4, 0.5) is 0 Å². The number of aliphatic hydroxyl groups is 2. The number of pyridine rings is 1. The summed E-state index contributed by atoms with van der Waals surface area (Å²) in [6.07, 6.45) is 4.74. The van der Waals surface area contributed by atoms with Crippen molar-refractivity contribution in [1.29, 1.82) is 0 Å². The van der Waals surface area contributed by atoms with E-state index >= 15 is 0 Å². The molecule has 31 heavy (non-hydrogen) atoms. The number of aromatic amines is 1. The molecular formula is C25H27N3O3. The number of aliphatic hydroxyl groups excluding tert-OH is 1. The van der Waals surface area contributed by atoms with Crippen molar-refractivity contribution in [1.82, 2.24) is 14.9 Å². The van der Waals surface area contributed by atoms with E-state index in [9.17, 15) is 10.2 Å². The monoisotopic (exact) mass is 417 g/mol. The third-order valence-corrected chi connectivity index (χ3v) is 6.34. The van der Waals surface area contributed by atoms with Gasteiger partial charge in [0.1, 0.15) is 12.0 Å². The van der Waals surface area contributed by atoms with Crippen LogP contribution in [-0.2, 0) is 5.60 Å². The van der Waals surface area contributed by atoms with Crippen molar-refractivity contribution >= 4 is 21.8 Å². The zero-order valence-electron chi connectivity index (χ0n) is 17.4. The second-order valence-corrected chi connectivity index (χ2v) is 8.33. The molecule has 0 radical (unpaired) electrons. The number of H-pyrrole nitrogens is 1. The fourth-order valence-electron chi connectivity index (χ4n) is 4.39. The second kappa shape index (κ2) is 8.30. The smallest absolute Gasteiger partial charge is 0.120 e. The van der Waals surface area contributed by atoms with Crippen molar-refractivity contribution < 1.29 is 14.9 Å². The Morgan fingerprint density at radius 1 is 1.06 bits per heavy atom. The van der Waals surface area contributed by atoms with Gasteiger partial charge in [-0.25, -0.2) is 0 Å². The van der Waals surface area contributed by atoms with Crippen LogP contribution >= 0.6 is 0 Å². The molecule has 0 amide bonds. The quantitative estimate of drug-likeness (QED) is 0.445.